The van der Waals surface area contributed by atoms with Crippen molar-refractivity contribution in [3.05, 3.63) is 0 Å². The second kappa shape index (κ2) is 6.88. The SMILES string of the molecule is CCCCN=C1SCC(=O)N1CCCC. The van der Waals surface area contributed by atoms with Crippen LogP contribution in [0.1, 0.15) is 39.5 Å². The summed E-state index contributed by atoms with van der Waals surface area (Å²) in [5.41, 5.74) is 0. The molecular formula is C11H20N2OS. The first-order valence-electron chi connectivity index (χ1n) is 5.77. The third-order valence-electron chi connectivity index (χ3n) is 2.35. The lowest BCUT2D eigenvalue weighted by Crippen LogP contribution is -2.30. The van der Waals surface area contributed by atoms with Gasteiger partial charge in [-0.25, -0.2) is 0 Å². The minimum atomic E-state index is 0.226. The highest BCUT2D eigenvalue weighted by atomic mass is 32.2. The molecule has 1 aliphatic rings. The zero-order valence-corrected chi connectivity index (χ0v) is 10.5. The highest BCUT2D eigenvalue weighted by Crippen LogP contribution is 2.19. The maximum absolute atomic E-state index is 11.5. The van der Waals surface area contributed by atoms with Gasteiger partial charge in [0.25, 0.3) is 0 Å². The number of hydrogen-bond donors (Lipinski definition) is 0. The highest BCUT2D eigenvalue weighted by Gasteiger charge is 2.26. The molecule has 1 saturated heterocycles. The summed E-state index contributed by atoms with van der Waals surface area (Å²) in [5.74, 6) is 0.804. The second-order valence-electron chi connectivity index (χ2n) is 3.71. The van der Waals surface area contributed by atoms with E-state index >= 15 is 0 Å². The fourth-order valence-electron chi connectivity index (χ4n) is 1.39. The summed E-state index contributed by atoms with van der Waals surface area (Å²) in [6, 6.07) is 0. The van der Waals surface area contributed by atoms with Crippen LogP contribution >= 0.6 is 11.8 Å². The van der Waals surface area contributed by atoms with Crippen molar-refractivity contribution in [3.8, 4) is 0 Å². The molecule has 1 amide bonds. The maximum atomic E-state index is 11.5. The molecule has 0 saturated carbocycles. The first-order chi connectivity index (χ1) is 7.29. The van der Waals surface area contributed by atoms with E-state index in [-0.39, 0.29) is 5.91 Å². The Bertz CT molecular complexity index is 241. The Balaban J connectivity index is 2.47. The number of nitrogens with zero attached hydrogens (tertiary/aromatic N) is 2. The second-order valence-corrected chi connectivity index (χ2v) is 4.65. The molecule has 0 unspecified atom stereocenters. The van der Waals surface area contributed by atoms with Crippen LogP contribution < -0.4 is 0 Å². The van der Waals surface area contributed by atoms with Crippen molar-refractivity contribution >= 4 is 22.8 Å². The summed E-state index contributed by atoms with van der Waals surface area (Å²) in [4.78, 5) is 17.9. The lowest BCUT2D eigenvalue weighted by molar-refractivity contribution is -0.124. The molecule has 86 valence electrons. The topological polar surface area (TPSA) is 32.7 Å². The molecule has 0 N–H and O–H groups in total. The van der Waals surface area contributed by atoms with Crippen molar-refractivity contribution in [1.29, 1.82) is 0 Å². The lowest BCUT2D eigenvalue weighted by Gasteiger charge is -2.15. The molecule has 15 heavy (non-hydrogen) atoms. The Morgan fingerprint density at radius 3 is 2.73 bits per heavy atom. The van der Waals surface area contributed by atoms with E-state index in [2.05, 4.69) is 18.8 Å². The van der Waals surface area contributed by atoms with Crippen molar-refractivity contribution in [2.24, 2.45) is 4.99 Å². The predicted molar refractivity (Wildman–Crippen MR) is 66.3 cm³/mol. The number of rotatable bonds is 6. The van der Waals surface area contributed by atoms with E-state index in [1.807, 2.05) is 4.90 Å². The van der Waals surface area contributed by atoms with Gasteiger partial charge >= 0.3 is 0 Å². The number of amidine groups is 1. The summed E-state index contributed by atoms with van der Waals surface area (Å²) in [5, 5.41) is 0.946. The largest absolute Gasteiger partial charge is 0.291 e. The molecule has 0 aromatic rings. The zero-order chi connectivity index (χ0) is 11.1. The van der Waals surface area contributed by atoms with Crippen LogP contribution in [0.15, 0.2) is 4.99 Å². The van der Waals surface area contributed by atoms with Crippen LogP contribution in [0, 0.1) is 0 Å². The standard InChI is InChI=1S/C11H20N2OS/c1-3-5-7-12-11-13(8-6-4-2)10(14)9-15-11/h3-9H2,1-2H3. The third kappa shape index (κ3) is 3.86. The van der Waals surface area contributed by atoms with Crippen molar-refractivity contribution in [2.75, 3.05) is 18.8 Å². The van der Waals surface area contributed by atoms with Gasteiger partial charge < -0.3 is 0 Å². The molecular weight excluding hydrogens is 208 g/mol. The van der Waals surface area contributed by atoms with E-state index in [1.165, 1.54) is 0 Å². The number of aliphatic imine (C=N–C) groups is 1. The average molecular weight is 228 g/mol. The minimum absolute atomic E-state index is 0.226. The Hall–Kier alpha value is -0.510. The van der Waals surface area contributed by atoms with Gasteiger partial charge in [-0.3, -0.25) is 14.7 Å². The zero-order valence-electron chi connectivity index (χ0n) is 9.66. The molecule has 0 aromatic carbocycles. The van der Waals surface area contributed by atoms with E-state index in [0.717, 1.165) is 43.9 Å². The fraction of sp³-hybridized carbons (Fsp3) is 0.818. The van der Waals surface area contributed by atoms with Gasteiger partial charge in [0.1, 0.15) is 0 Å². The summed E-state index contributed by atoms with van der Waals surface area (Å²) >= 11 is 1.59. The van der Waals surface area contributed by atoms with Gasteiger partial charge in [0.2, 0.25) is 5.91 Å². The van der Waals surface area contributed by atoms with Gasteiger partial charge in [-0.1, -0.05) is 38.5 Å². The van der Waals surface area contributed by atoms with Crippen LogP contribution in [-0.4, -0.2) is 34.8 Å². The third-order valence-corrected chi connectivity index (χ3v) is 3.35. The Morgan fingerprint density at radius 2 is 2.07 bits per heavy atom. The van der Waals surface area contributed by atoms with Gasteiger partial charge in [0.15, 0.2) is 5.17 Å². The first kappa shape index (κ1) is 12.6. The summed E-state index contributed by atoms with van der Waals surface area (Å²) in [6.45, 7) is 5.99. The van der Waals surface area contributed by atoms with Crippen LogP contribution in [-0.2, 0) is 4.79 Å². The van der Waals surface area contributed by atoms with Crippen LogP contribution in [0.25, 0.3) is 0 Å². The monoisotopic (exact) mass is 228 g/mol. The van der Waals surface area contributed by atoms with Crippen molar-refractivity contribution in [1.82, 2.24) is 4.90 Å². The van der Waals surface area contributed by atoms with Gasteiger partial charge in [0, 0.05) is 13.1 Å². The number of unbranched alkanes of at least 4 members (excludes halogenated alkanes) is 2. The lowest BCUT2D eigenvalue weighted by atomic mass is 10.3. The summed E-state index contributed by atoms with van der Waals surface area (Å²) in [7, 11) is 0. The van der Waals surface area contributed by atoms with E-state index in [1.54, 1.807) is 11.8 Å². The van der Waals surface area contributed by atoms with Crippen molar-refractivity contribution in [3.63, 3.8) is 0 Å². The smallest absolute Gasteiger partial charge is 0.239 e. The first-order valence-corrected chi connectivity index (χ1v) is 6.75. The number of amides is 1. The van der Waals surface area contributed by atoms with Crippen LogP contribution in [0.3, 0.4) is 0 Å². The Labute approximate surface area is 96.3 Å². The molecule has 0 spiro atoms. The van der Waals surface area contributed by atoms with E-state index in [4.69, 9.17) is 0 Å². The van der Waals surface area contributed by atoms with Crippen LogP contribution in [0.2, 0.25) is 0 Å². The number of hydrogen-bond acceptors (Lipinski definition) is 3. The molecule has 0 aromatic heterocycles. The van der Waals surface area contributed by atoms with E-state index in [0.29, 0.717) is 5.75 Å². The molecule has 1 aliphatic heterocycles. The highest BCUT2D eigenvalue weighted by molar-refractivity contribution is 8.15. The van der Waals surface area contributed by atoms with Gasteiger partial charge in [-0.05, 0) is 12.8 Å². The van der Waals surface area contributed by atoms with E-state index < -0.39 is 0 Å². The molecule has 1 rings (SSSR count). The number of carbonyl (C=O) groups is 1. The predicted octanol–water partition coefficient (Wildman–Crippen LogP) is 2.52. The Kier molecular flexibility index (Phi) is 5.76. The summed E-state index contributed by atoms with van der Waals surface area (Å²) in [6.07, 6.45) is 4.46. The van der Waals surface area contributed by atoms with Gasteiger partial charge in [-0.2, -0.15) is 0 Å². The molecule has 0 radical (unpaired) electrons. The molecule has 0 atom stereocenters. The van der Waals surface area contributed by atoms with Gasteiger partial charge in [0.05, 0.1) is 5.75 Å². The molecule has 0 aliphatic carbocycles. The molecule has 0 bridgehead atoms. The van der Waals surface area contributed by atoms with Crippen molar-refractivity contribution in [2.45, 2.75) is 39.5 Å². The van der Waals surface area contributed by atoms with E-state index in [9.17, 15) is 4.79 Å². The number of carbonyl (C=O) groups excluding carboxylic acids is 1. The van der Waals surface area contributed by atoms with Gasteiger partial charge in [-0.15, -0.1) is 0 Å². The minimum Gasteiger partial charge on any atom is -0.291 e. The van der Waals surface area contributed by atoms with Crippen LogP contribution in [0.4, 0.5) is 0 Å². The number of thioether (sulfide) groups is 1. The molecule has 1 fully saturated rings. The maximum Gasteiger partial charge on any atom is 0.239 e. The fourth-order valence-corrected chi connectivity index (χ4v) is 2.33. The molecule has 3 nitrogen and oxygen atoms in total. The quantitative estimate of drug-likeness (QED) is 0.654. The molecule has 4 heteroatoms. The van der Waals surface area contributed by atoms with Crippen LogP contribution in [0.5, 0.6) is 0 Å². The molecule has 1 heterocycles. The normalized spacial score (nSPS) is 19.2. The van der Waals surface area contributed by atoms with Crippen molar-refractivity contribution < 1.29 is 4.79 Å². The summed E-state index contributed by atoms with van der Waals surface area (Å²) < 4.78 is 0. The Morgan fingerprint density at radius 1 is 1.33 bits per heavy atom. The average Bonchev–Trinajstić information content (AvgIpc) is 2.58.